The maximum absolute atomic E-state index is 13.9. The third-order valence-electron chi connectivity index (χ3n) is 7.54. The summed E-state index contributed by atoms with van der Waals surface area (Å²) in [6.45, 7) is 7.12. The number of carbonyl (C=O) groups is 2. The molecular formula is C31H36BrClFN3O3. The Morgan fingerprint density at radius 2 is 2.02 bits per heavy atom. The van der Waals surface area contributed by atoms with Gasteiger partial charge < -0.3 is 15.0 Å². The number of halogens is 3. The Kier molecular flexibility index (Phi) is 10.4. The van der Waals surface area contributed by atoms with Crippen LogP contribution in [-0.4, -0.2) is 42.3 Å². The highest BCUT2D eigenvalue weighted by Crippen LogP contribution is 2.34. The molecule has 1 saturated heterocycles. The fourth-order valence-corrected chi connectivity index (χ4v) is 6.05. The molecule has 4 rings (SSSR count). The minimum atomic E-state index is -1.61. The Morgan fingerprint density at radius 3 is 2.73 bits per heavy atom. The van der Waals surface area contributed by atoms with E-state index in [4.69, 9.17) is 21.3 Å². The van der Waals surface area contributed by atoms with E-state index < -0.39 is 12.3 Å². The van der Waals surface area contributed by atoms with E-state index in [9.17, 15) is 14.0 Å². The molecule has 3 atom stereocenters. The molecule has 1 amide bonds. The van der Waals surface area contributed by atoms with Crippen molar-refractivity contribution in [2.24, 2.45) is 0 Å². The van der Waals surface area contributed by atoms with E-state index in [1.807, 2.05) is 50.2 Å². The molecule has 9 heteroatoms. The first-order valence-corrected chi connectivity index (χ1v) is 15.1. The number of aromatic nitrogens is 1. The Bertz CT molecular complexity index is 1370. The van der Waals surface area contributed by atoms with E-state index in [0.29, 0.717) is 29.5 Å². The SMILES string of the molecule is CCCC(F)OC(=O)CCC(CNC(=O)c1c(C)c(N2CCC[C@@H]2C)nc2ccc(Br)cc12)c1ccccc1Cl. The number of hydrogen-bond acceptors (Lipinski definition) is 5. The largest absolute Gasteiger partial charge is 0.431 e. The summed E-state index contributed by atoms with van der Waals surface area (Å²) in [7, 11) is 0. The van der Waals surface area contributed by atoms with Gasteiger partial charge in [0.15, 0.2) is 0 Å². The number of fused-ring (bicyclic) bond motifs is 1. The van der Waals surface area contributed by atoms with E-state index in [0.717, 1.165) is 51.7 Å². The summed E-state index contributed by atoms with van der Waals surface area (Å²) < 4.78 is 19.6. The van der Waals surface area contributed by atoms with Crippen LogP contribution in [0.3, 0.4) is 0 Å². The van der Waals surface area contributed by atoms with Gasteiger partial charge in [0.2, 0.25) is 6.36 Å². The van der Waals surface area contributed by atoms with Crippen LogP contribution in [0.2, 0.25) is 5.02 Å². The number of amides is 1. The second-order valence-corrected chi connectivity index (χ2v) is 11.8. The first-order chi connectivity index (χ1) is 19.2. The number of nitrogens with one attached hydrogen (secondary N) is 1. The normalized spacial score (nSPS) is 16.6. The van der Waals surface area contributed by atoms with Crippen molar-refractivity contribution in [1.82, 2.24) is 10.3 Å². The second-order valence-electron chi connectivity index (χ2n) is 10.4. The van der Waals surface area contributed by atoms with Gasteiger partial charge in [-0.2, -0.15) is 0 Å². The highest BCUT2D eigenvalue weighted by atomic mass is 79.9. The minimum absolute atomic E-state index is 0.0110. The highest BCUT2D eigenvalue weighted by molar-refractivity contribution is 9.10. The number of pyridine rings is 1. The lowest BCUT2D eigenvalue weighted by molar-refractivity contribution is -0.158. The summed E-state index contributed by atoms with van der Waals surface area (Å²) in [5.74, 6) is -0.257. The van der Waals surface area contributed by atoms with Gasteiger partial charge in [-0.25, -0.2) is 9.37 Å². The molecule has 6 nitrogen and oxygen atoms in total. The van der Waals surface area contributed by atoms with E-state index >= 15 is 0 Å². The molecule has 1 fully saturated rings. The fourth-order valence-electron chi connectivity index (χ4n) is 5.40. The molecule has 0 saturated carbocycles. The van der Waals surface area contributed by atoms with Crippen LogP contribution in [0, 0.1) is 6.92 Å². The lowest BCUT2D eigenvalue weighted by Gasteiger charge is -2.26. The summed E-state index contributed by atoms with van der Waals surface area (Å²) >= 11 is 10.1. The minimum Gasteiger partial charge on any atom is -0.431 e. The zero-order valence-electron chi connectivity index (χ0n) is 23.2. The number of esters is 1. The van der Waals surface area contributed by atoms with E-state index in [2.05, 4.69) is 33.1 Å². The number of benzene rings is 2. The highest BCUT2D eigenvalue weighted by Gasteiger charge is 2.28. The molecule has 3 aromatic rings. The van der Waals surface area contributed by atoms with Crippen LogP contribution >= 0.6 is 27.5 Å². The van der Waals surface area contributed by atoms with Gasteiger partial charge in [0, 0.05) is 58.3 Å². The van der Waals surface area contributed by atoms with Crippen molar-refractivity contribution in [3.63, 3.8) is 0 Å². The standard InChI is InChI=1S/C31H36BrClFN3O3/c1-4-8-27(34)40-28(38)15-12-21(23-10-5-6-11-25(23)33)18-35-31(39)29-20(3)30(37-16-7-9-19(37)2)36-26-14-13-22(32)17-24(26)29/h5-6,10-11,13-14,17,19,21,27H,4,7-9,12,15-16,18H2,1-3H3,(H,35,39)/t19-,21?,27?/m0/s1. The molecule has 2 aromatic carbocycles. The molecular weight excluding hydrogens is 597 g/mol. The van der Waals surface area contributed by atoms with Gasteiger partial charge in [-0.15, -0.1) is 0 Å². The first kappa shape index (κ1) is 30.3. The predicted molar refractivity (Wildman–Crippen MR) is 162 cm³/mol. The molecule has 2 heterocycles. The molecule has 1 N–H and O–H groups in total. The number of rotatable bonds is 11. The molecule has 2 unspecified atom stereocenters. The van der Waals surface area contributed by atoms with Gasteiger partial charge in [0.1, 0.15) is 5.82 Å². The van der Waals surface area contributed by atoms with Crippen molar-refractivity contribution in [1.29, 1.82) is 0 Å². The molecule has 1 aliphatic heterocycles. The predicted octanol–water partition coefficient (Wildman–Crippen LogP) is 7.88. The summed E-state index contributed by atoms with van der Waals surface area (Å²) in [4.78, 5) is 33.4. The van der Waals surface area contributed by atoms with Crippen LogP contribution in [0.25, 0.3) is 10.9 Å². The Hall–Kier alpha value is -2.71. The first-order valence-electron chi connectivity index (χ1n) is 13.9. The van der Waals surface area contributed by atoms with Crippen molar-refractivity contribution in [3.05, 3.63) is 68.7 Å². The summed E-state index contributed by atoms with van der Waals surface area (Å²) in [6, 6.07) is 13.5. The van der Waals surface area contributed by atoms with Gasteiger partial charge in [0.25, 0.3) is 5.91 Å². The van der Waals surface area contributed by atoms with Gasteiger partial charge in [-0.3, -0.25) is 9.59 Å². The molecule has 0 spiro atoms. The van der Waals surface area contributed by atoms with Crippen LogP contribution < -0.4 is 10.2 Å². The summed E-state index contributed by atoms with van der Waals surface area (Å²) in [6.07, 6.45) is 1.68. The number of anilines is 1. The van der Waals surface area contributed by atoms with Gasteiger partial charge in [0.05, 0.1) is 11.1 Å². The average Bonchev–Trinajstić information content (AvgIpc) is 3.34. The lowest BCUT2D eigenvalue weighted by atomic mass is 9.93. The summed E-state index contributed by atoms with van der Waals surface area (Å²) in [5, 5.41) is 4.42. The van der Waals surface area contributed by atoms with Gasteiger partial charge >= 0.3 is 5.97 Å². The van der Waals surface area contributed by atoms with Crippen LogP contribution in [0.1, 0.15) is 79.8 Å². The molecule has 1 aromatic heterocycles. The third kappa shape index (κ3) is 7.13. The lowest BCUT2D eigenvalue weighted by Crippen LogP contribution is -2.32. The van der Waals surface area contributed by atoms with Crippen LogP contribution in [-0.2, 0) is 9.53 Å². The maximum Gasteiger partial charge on any atom is 0.308 e. The molecule has 214 valence electrons. The van der Waals surface area contributed by atoms with Crippen molar-refractivity contribution < 1.29 is 18.7 Å². The number of nitrogens with zero attached hydrogens (tertiary/aromatic N) is 2. The van der Waals surface area contributed by atoms with E-state index in [1.165, 1.54) is 0 Å². The maximum atomic E-state index is 13.9. The van der Waals surface area contributed by atoms with Crippen LogP contribution in [0.4, 0.5) is 10.2 Å². The van der Waals surface area contributed by atoms with Crippen LogP contribution in [0.15, 0.2) is 46.9 Å². The molecule has 0 bridgehead atoms. The molecule has 0 radical (unpaired) electrons. The number of ether oxygens (including phenoxy) is 1. The fraction of sp³-hybridized carbons (Fsp3) is 0.452. The third-order valence-corrected chi connectivity index (χ3v) is 8.38. The smallest absolute Gasteiger partial charge is 0.308 e. The summed E-state index contributed by atoms with van der Waals surface area (Å²) in [5.41, 5.74) is 2.98. The van der Waals surface area contributed by atoms with Gasteiger partial charge in [-0.1, -0.05) is 52.7 Å². The van der Waals surface area contributed by atoms with Crippen molar-refractivity contribution in [2.45, 2.75) is 77.6 Å². The van der Waals surface area contributed by atoms with E-state index in [-0.39, 0.29) is 31.2 Å². The Labute approximate surface area is 248 Å². The molecule has 0 aliphatic carbocycles. The molecule has 1 aliphatic rings. The quantitative estimate of drug-likeness (QED) is 0.218. The Balaban J connectivity index is 1.60. The average molecular weight is 633 g/mol. The molecule has 40 heavy (non-hydrogen) atoms. The number of hydrogen-bond donors (Lipinski definition) is 1. The topological polar surface area (TPSA) is 71.5 Å². The van der Waals surface area contributed by atoms with Gasteiger partial charge in [-0.05, 0) is 69.4 Å². The second kappa shape index (κ2) is 13.8. The van der Waals surface area contributed by atoms with E-state index in [1.54, 1.807) is 6.07 Å². The van der Waals surface area contributed by atoms with Crippen molar-refractivity contribution in [3.8, 4) is 0 Å². The number of carbonyl (C=O) groups excluding carboxylic acids is 2. The number of alkyl halides is 1. The monoisotopic (exact) mass is 631 g/mol. The Morgan fingerprint density at radius 1 is 1.25 bits per heavy atom. The van der Waals surface area contributed by atoms with Crippen molar-refractivity contribution >= 4 is 56.1 Å². The van der Waals surface area contributed by atoms with Crippen molar-refractivity contribution in [2.75, 3.05) is 18.0 Å². The zero-order chi connectivity index (χ0) is 28.8. The van der Waals surface area contributed by atoms with Crippen LogP contribution in [0.5, 0.6) is 0 Å². The zero-order valence-corrected chi connectivity index (χ0v) is 25.5.